The monoisotopic (exact) mass is 421 g/mol. The zero-order valence-corrected chi connectivity index (χ0v) is 17.8. The molecule has 0 aromatic heterocycles. The highest BCUT2D eigenvalue weighted by atomic mass is 16.3. The normalized spacial score (nSPS) is 11.0. The van der Waals surface area contributed by atoms with Crippen molar-refractivity contribution >= 4 is 32.9 Å². The molecule has 0 aliphatic carbocycles. The average Bonchev–Trinajstić information content (AvgIpc) is 2.82. The van der Waals surface area contributed by atoms with Crippen LogP contribution in [0.3, 0.4) is 0 Å². The van der Waals surface area contributed by atoms with E-state index in [1.165, 1.54) is 0 Å². The molecular weight excluding hydrogens is 398 g/mol. The number of rotatable bonds is 6. The maximum Gasteiger partial charge on any atom is 0.187 e. The van der Waals surface area contributed by atoms with Gasteiger partial charge in [-0.05, 0) is 58.8 Å². The van der Waals surface area contributed by atoms with E-state index in [9.17, 15) is 10.2 Å². The zero-order valence-electron chi connectivity index (χ0n) is 17.8. The van der Waals surface area contributed by atoms with Crippen LogP contribution in [-0.2, 0) is 13.1 Å². The van der Waals surface area contributed by atoms with E-state index >= 15 is 0 Å². The van der Waals surface area contributed by atoms with Crippen LogP contribution in [0.25, 0.3) is 31.2 Å². The number of hydrogen-bond donors (Lipinski definition) is 2. The third-order valence-electron chi connectivity index (χ3n) is 5.74. The molecule has 32 heavy (non-hydrogen) atoms. The molecular formula is C27H23N3O2. The van der Waals surface area contributed by atoms with Gasteiger partial charge in [-0.15, -0.1) is 0 Å². The van der Waals surface area contributed by atoms with Gasteiger partial charge in [0.05, 0.1) is 13.1 Å². The molecule has 0 spiro atoms. The summed E-state index contributed by atoms with van der Waals surface area (Å²) >= 11 is 0. The SMILES string of the molecule is [C-]#[N+]c1ccc2c(CN(CCC)Cc3c(O)ccc4cc([N+]#[C-])ccc34)c(O)ccc2c1. The lowest BCUT2D eigenvalue weighted by Gasteiger charge is -2.24. The molecule has 4 rings (SSSR count). The molecule has 0 aliphatic rings. The Hall–Kier alpha value is -4.06. The van der Waals surface area contributed by atoms with Crippen LogP contribution in [0.2, 0.25) is 0 Å². The van der Waals surface area contributed by atoms with E-state index in [2.05, 4.69) is 21.5 Å². The summed E-state index contributed by atoms with van der Waals surface area (Å²) in [4.78, 5) is 9.20. The largest absolute Gasteiger partial charge is 0.508 e. The van der Waals surface area contributed by atoms with Crippen LogP contribution in [-0.4, -0.2) is 21.7 Å². The second-order valence-corrected chi connectivity index (χ2v) is 7.87. The van der Waals surface area contributed by atoms with Crippen LogP contribution < -0.4 is 0 Å². The number of nitrogens with zero attached hydrogens (tertiary/aromatic N) is 3. The maximum atomic E-state index is 10.6. The van der Waals surface area contributed by atoms with Crippen LogP contribution in [0, 0.1) is 13.1 Å². The van der Waals surface area contributed by atoms with E-state index in [0.717, 1.165) is 45.6 Å². The summed E-state index contributed by atoms with van der Waals surface area (Å²) in [6.07, 6.45) is 0.917. The van der Waals surface area contributed by atoms with E-state index < -0.39 is 0 Å². The molecule has 0 fully saturated rings. The highest BCUT2D eigenvalue weighted by Gasteiger charge is 2.16. The van der Waals surface area contributed by atoms with E-state index in [1.807, 2.05) is 36.4 Å². The number of phenolic OH excluding ortho intramolecular Hbond substituents is 2. The molecule has 0 radical (unpaired) electrons. The van der Waals surface area contributed by atoms with Crippen molar-refractivity contribution in [3.05, 3.63) is 94.6 Å². The number of fused-ring (bicyclic) bond motifs is 2. The standard InChI is InChI=1S/C27H23N3O2/c1-4-13-30(16-24-22-9-7-20(28-2)14-18(22)5-11-26(24)31)17-25-23-10-8-21(29-3)15-19(23)6-12-27(25)32/h5-12,14-15,31-32H,4,13,16-17H2,1H3. The average molecular weight is 422 g/mol. The fourth-order valence-corrected chi connectivity index (χ4v) is 4.19. The first kappa shape index (κ1) is 21.2. The smallest absolute Gasteiger partial charge is 0.187 e. The van der Waals surface area contributed by atoms with Crippen LogP contribution in [0.4, 0.5) is 11.4 Å². The Morgan fingerprint density at radius 1 is 0.719 bits per heavy atom. The molecule has 4 aromatic rings. The first-order valence-electron chi connectivity index (χ1n) is 10.5. The molecule has 0 unspecified atom stereocenters. The maximum absolute atomic E-state index is 10.6. The van der Waals surface area contributed by atoms with E-state index in [4.69, 9.17) is 13.1 Å². The lowest BCUT2D eigenvalue weighted by Crippen LogP contribution is -2.24. The second-order valence-electron chi connectivity index (χ2n) is 7.87. The van der Waals surface area contributed by atoms with Crippen molar-refractivity contribution in [1.29, 1.82) is 0 Å². The minimum Gasteiger partial charge on any atom is -0.508 e. The van der Waals surface area contributed by atoms with Gasteiger partial charge in [0, 0.05) is 24.2 Å². The Morgan fingerprint density at radius 2 is 1.19 bits per heavy atom. The van der Waals surface area contributed by atoms with E-state index in [-0.39, 0.29) is 11.5 Å². The molecule has 0 aliphatic heterocycles. The topological polar surface area (TPSA) is 52.4 Å². The molecule has 0 saturated heterocycles. The molecule has 0 bridgehead atoms. The van der Waals surface area contributed by atoms with E-state index in [1.54, 1.807) is 24.3 Å². The van der Waals surface area contributed by atoms with Gasteiger partial charge in [0.1, 0.15) is 11.5 Å². The number of aromatic hydroxyl groups is 2. The van der Waals surface area contributed by atoms with E-state index in [0.29, 0.717) is 24.5 Å². The molecule has 158 valence electrons. The minimum absolute atomic E-state index is 0.220. The molecule has 0 heterocycles. The predicted octanol–water partition coefficient (Wildman–Crippen LogP) is 6.92. The van der Waals surface area contributed by atoms with Gasteiger partial charge in [-0.1, -0.05) is 43.3 Å². The summed E-state index contributed by atoms with van der Waals surface area (Å²) in [5, 5.41) is 25.0. The van der Waals surface area contributed by atoms with Crippen molar-refractivity contribution in [2.75, 3.05) is 6.54 Å². The first-order valence-corrected chi connectivity index (χ1v) is 10.5. The molecule has 2 N–H and O–H groups in total. The Kier molecular flexibility index (Phi) is 5.94. The third kappa shape index (κ3) is 4.07. The van der Waals surface area contributed by atoms with Crippen molar-refractivity contribution in [2.45, 2.75) is 26.4 Å². The Balaban J connectivity index is 1.74. The molecule has 5 heteroatoms. The quantitative estimate of drug-likeness (QED) is 0.332. The van der Waals surface area contributed by atoms with Crippen molar-refractivity contribution in [2.24, 2.45) is 0 Å². The number of benzene rings is 4. The van der Waals surface area contributed by atoms with Gasteiger partial charge < -0.3 is 10.2 Å². The number of phenols is 2. The number of hydrogen-bond acceptors (Lipinski definition) is 3. The summed E-state index contributed by atoms with van der Waals surface area (Å²) in [6.45, 7) is 18.4. The Morgan fingerprint density at radius 3 is 1.59 bits per heavy atom. The van der Waals surface area contributed by atoms with Crippen molar-refractivity contribution in [3.8, 4) is 11.5 Å². The van der Waals surface area contributed by atoms with Gasteiger partial charge in [0.25, 0.3) is 0 Å². The Labute approximate surface area is 187 Å². The molecule has 4 aromatic carbocycles. The third-order valence-corrected chi connectivity index (χ3v) is 5.74. The molecule has 0 amide bonds. The summed E-state index contributed by atoms with van der Waals surface area (Å²) in [5.41, 5.74) is 2.75. The van der Waals surface area contributed by atoms with Gasteiger partial charge in [-0.3, -0.25) is 4.90 Å². The van der Waals surface area contributed by atoms with Crippen LogP contribution in [0.5, 0.6) is 11.5 Å². The highest BCUT2D eigenvalue weighted by Crippen LogP contribution is 2.34. The van der Waals surface area contributed by atoms with Crippen molar-refractivity contribution < 1.29 is 10.2 Å². The van der Waals surface area contributed by atoms with Gasteiger partial charge >= 0.3 is 0 Å². The summed E-state index contributed by atoms with van der Waals surface area (Å²) < 4.78 is 0. The second kappa shape index (κ2) is 8.98. The lowest BCUT2D eigenvalue weighted by atomic mass is 10.00. The molecule has 0 atom stereocenters. The first-order chi connectivity index (χ1) is 15.5. The van der Waals surface area contributed by atoms with Crippen LogP contribution in [0.1, 0.15) is 24.5 Å². The predicted molar refractivity (Wildman–Crippen MR) is 128 cm³/mol. The Bertz CT molecular complexity index is 1290. The van der Waals surface area contributed by atoms with Gasteiger partial charge in [-0.2, -0.15) is 0 Å². The summed E-state index contributed by atoms with van der Waals surface area (Å²) in [6, 6.07) is 18.0. The fourth-order valence-electron chi connectivity index (χ4n) is 4.19. The van der Waals surface area contributed by atoms with Crippen LogP contribution >= 0.6 is 0 Å². The minimum atomic E-state index is 0.220. The highest BCUT2D eigenvalue weighted by molar-refractivity contribution is 5.91. The van der Waals surface area contributed by atoms with Gasteiger partial charge in [-0.25, -0.2) is 9.69 Å². The summed E-state index contributed by atoms with van der Waals surface area (Å²) in [5.74, 6) is 0.441. The summed E-state index contributed by atoms with van der Waals surface area (Å²) in [7, 11) is 0. The zero-order chi connectivity index (χ0) is 22.7. The fraction of sp³-hybridized carbons (Fsp3) is 0.185. The van der Waals surface area contributed by atoms with Gasteiger partial charge in [0.15, 0.2) is 11.4 Å². The van der Waals surface area contributed by atoms with Crippen molar-refractivity contribution in [3.63, 3.8) is 0 Å². The van der Waals surface area contributed by atoms with Crippen molar-refractivity contribution in [1.82, 2.24) is 4.90 Å². The lowest BCUT2D eigenvalue weighted by molar-refractivity contribution is 0.252. The van der Waals surface area contributed by atoms with Crippen LogP contribution in [0.15, 0.2) is 60.7 Å². The molecule has 5 nitrogen and oxygen atoms in total. The molecule has 0 saturated carbocycles. The van der Waals surface area contributed by atoms with Gasteiger partial charge in [0.2, 0.25) is 0 Å².